The number of H-pyrrole nitrogens is 1. The fourth-order valence-corrected chi connectivity index (χ4v) is 3.91. The van der Waals surface area contributed by atoms with Crippen molar-refractivity contribution in [1.82, 2.24) is 9.55 Å². The van der Waals surface area contributed by atoms with Gasteiger partial charge in [-0.3, -0.25) is 14.3 Å². The second-order valence-electron chi connectivity index (χ2n) is 6.67. The summed E-state index contributed by atoms with van der Waals surface area (Å²) in [6.07, 6.45) is -1.14. The topological polar surface area (TPSA) is 103 Å². The summed E-state index contributed by atoms with van der Waals surface area (Å²) in [4.78, 5) is 27.9. The van der Waals surface area contributed by atoms with Gasteiger partial charge in [0.2, 0.25) is 5.88 Å². The summed E-state index contributed by atoms with van der Waals surface area (Å²) in [6.45, 7) is 1.85. The third kappa shape index (κ3) is 2.86. The number of hydrogen-bond acceptors (Lipinski definition) is 7. The van der Waals surface area contributed by atoms with Gasteiger partial charge in [0.25, 0.3) is 5.56 Å². The lowest BCUT2D eigenvalue weighted by Gasteiger charge is -2.18. The van der Waals surface area contributed by atoms with Crippen LogP contribution in [0.2, 0.25) is 0 Å². The molecule has 8 nitrogen and oxygen atoms in total. The molecule has 4 rings (SSSR count). The van der Waals surface area contributed by atoms with Gasteiger partial charge in [0.15, 0.2) is 22.4 Å². The van der Waals surface area contributed by atoms with E-state index in [2.05, 4.69) is 4.98 Å². The second kappa shape index (κ2) is 7.34. The number of fused-ring (bicyclic) bond motifs is 1. The minimum atomic E-state index is -1.14. The van der Waals surface area contributed by atoms with Crippen LogP contribution >= 0.6 is 12.2 Å². The number of aromatic hydroxyl groups is 1. The van der Waals surface area contributed by atoms with Crippen molar-refractivity contribution in [1.29, 1.82) is 0 Å². The van der Waals surface area contributed by atoms with E-state index < -0.39 is 23.5 Å². The summed E-state index contributed by atoms with van der Waals surface area (Å²) < 4.78 is 17.4. The van der Waals surface area contributed by atoms with Crippen LogP contribution in [0.1, 0.15) is 33.2 Å². The number of ether oxygens (including phenoxy) is 3. The van der Waals surface area contributed by atoms with Gasteiger partial charge in [-0.25, -0.2) is 4.79 Å². The van der Waals surface area contributed by atoms with E-state index in [0.29, 0.717) is 17.0 Å². The Kier molecular flexibility index (Phi) is 4.83. The molecule has 9 heteroatoms. The van der Waals surface area contributed by atoms with E-state index in [1.54, 1.807) is 24.3 Å². The quantitative estimate of drug-likeness (QED) is 0.488. The highest BCUT2D eigenvalue weighted by atomic mass is 32.1. The molecule has 1 aliphatic rings. The zero-order chi connectivity index (χ0) is 21.6. The third-order valence-electron chi connectivity index (χ3n) is 5.03. The number of carbonyl (C=O) groups is 1. The van der Waals surface area contributed by atoms with Crippen LogP contribution < -0.4 is 15.0 Å². The van der Waals surface area contributed by atoms with Crippen molar-refractivity contribution >= 4 is 18.2 Å². The molecule has 2 heterocycles. The monoisotopic (exact) mass is 426 g/mol. The number of aromatic amines is 1. The zero-order valence-corrected chi connectivity index (χ0v) is 17.2. The number of hydrogen-bond donors (Lipinski definition) is 2. The maximum Gasteiger partial charge on any atom is 0.343 e. The average molecular weight is 426 g/mol. The number of aromatic nitrogens is 2. The first-order chi connectivity index (χ1) is 14.4. The van der Waals surface area contributed by atoms with Gasteiger partial charge in [-0.15, -0.1) is 0 Å². The molecule has 154 valence electrons. The summed E-state index contributed by atoms with van der Waals surface area (Å²) in [6, 6.07) is 10.5. The lowest BCUT2D eigenvalue weighted by atomic mass is 9.99. The zero-order valence-electron chi connectivity index (χ0n) is 16.4. The molecule has 0 radical (unpaired) electrons. The highest BCUT2D eigenvalue weighted by molar-refractivity contribution is 7.71. The number of cyclic esters (lactones) is 1. The molecule has 0 saturated heterocycles. The molecule has 3 aromatic rings. The number of esters is 1. The van der Waals surface area contributed by atoms with E-state index >= 15 is 0 Å². The van der Waals surface area contributed by atoms with Gasteiger partial charge in [0, 0.05) is 5.56 Å². The van der Waals surface area contributed by atoms with Crippen LogP contribution in [0.3, 0.4) is 0 Å². The molecule has 0 spiro atoms. The van der Waals surface area contributed by atoms with E-state index in [0.717, 1.165) is 5.56 Å². The number of rotatable bonds is 4. The molecular weight excluding hydrogens is 408 g/mol. The van der Waals surface area contributed by atoms with Crippen LogP contribution in [-0.4, -0.2) is 34.8 Å². The molecule has 1 aliphatic heterocycles. The summed E-state index contributed by atoms with van der Waals surface area (Å²) in [7, 11) is 2.85. The number of para-hydroxylation sites is 1. The Morgan fingerprint density at radius 1 is 1.13 bits per heavy atom. The maximum absolute atomic E-state index is 12.8. The highest BCUT2D eigenvalue weighted by Gasteiger charge is 2.40. The first-order valence-corrected chi connectivity index (χ1v) is 9.40. The van der Waals surface area contributed by atoms with Gasteiger partial charge in [0.05, 0.1) is 19.9 Å². The first kappa shape index (κ1) is 19.7. The van der Waals surface area contributed by atoms with Gasteiger partial charge in [-0.1, -0.05) is 24.3 Å². The lowest BCUT2D eigenvalue weighted by molar-refractivity contribution is 0.0447. The van der Waals surface area contributed by atoms with Gasteiger partial charge >= 0.3 is 5.97 Å². The molecule has 0 fully saturated rings. The molecule has 0 amide bonds. The van der Waals surface area contributed by atoms with E-state index in [9.17, 15) is 14.7 Å². The smallest absolute Gasteiger partial charge is 0.343 e. The minimum Gasteiger partial charge on any atom is -0.494 e. The van der Waals surface area contributed by atoms with Gasteiger partial charge in [-0.05, 0) is 36.8 Å². The number of nitrogens with one attached hydrogen (secondary N) is 1. The number of methoxy groups -OCH3 is 2. The van der Waals surface area contributed by atoms with Crippen molar-refractivity contribution in [3.8, 4) is 23.1 Å². The van der Waals surface area contributed by atoms with Crippen molar-refractivity contribution < 1.29 is 24.1 Å². The van der Waals surface area contributed by atoms with Crippen molar-refractivity contribution in [2.24, 2.45) is 0 Å². The van der Waals surface area contributed by atoms with Crippen LogP contribution in [0, 0.1) is 11.7 Å². The Morgan fingerprint density at radius 3 is 2.53 bits per heavy atom. The summed E-state index contributed by atoms with van der Waals surface area (Å²) in [5.74, 6) is -0.541. The molecule has 1 aromatic heterocycles. The van der Waals surface area contributed by atoms with Crippen molar-refractivity contribution in [3.63, 3.8) is 0 Å². The van der Waals surface area contributed by atoms with Crippen molar-refractivity contribution in [3.05, 3.63) is 73.8 Å². The number of benzene rings is 2. The summed E-state index contributed by atoms with van der Waals surface area (Å²) in [5.41, 5.74) is 1.16. The molecule has 0 aliphatic carbocycles. The molecule has 2 N–H and O–H groups in total. The van der Waals surface area contributed by atoms with Crippen LogP contribution in [0.25, 0.3) is 5.69 Å². The molecule has 0 bridgehead atoms. The highest BCUT2D eigenvalue weighted by Crippen LogP contribution is 2.45. The van der Waals surface area contributed by atoms with Crippen molar-refractivity contribution in [2.75, 3.05) is 14.2 Å². The van der Waals surface area contributed by atoms with Crippen LogP contribution in [-0.2, 0) is 4.74 Å². The molecule has 30 heavy (non-hydrogen) atoms. The Hall–Kier alpha value is -3.59. The first-order valence-electron chi connectivity index (χ1n) is 8.99. The molecule has 0 saturated carbocycles. The maximum atomic E-state index is 12.8. The predicted octanol–water partition coefficient (Wildman–Crippen LogP) is 3.19. The summed E-state index contributed by atoms with van der Waals surface area (Å²) >= 11 is 5.28. The minimum absolute atomic E-state index is 0.0207. The molecule has 1 unspecified atom stereocenters. The lowest BCUT2D eigenvalue weighted by Crippen LogP contribution is -2.22. The van der Waals surface area contributed by atoms with E-state index in [4.69, 9.17) is 26.4 Å². The van der Waals surface area contributed by atoms with E-state index in [1.807, 2.05) is 19.1 Å². The fraction of sp³-hybridized carbons (Fsp3) is 0.190. The Balaban J connectivity index is 1.98. The van der Waals surface area contributed by atoms with Crippen LogP contribution in [0.4, 0.5) is 0 Å². The normalized spacial score (nSPS) is 14.9. The van der Waals surface area contributed by atoms with Gasteiger partial charge in [-0.2, -0.15) is 0 Å². The van der Waals surface area contributed by atoms with E-state index in [1.165, 1.54) is 18.8 Å². The molecular formula is C21H18N2O6S. The SMILES string of the molecule is COc1ccc2c(c1OC)C(=O)OC2c1c(O)n(-c2ccccc2C)c(=S)[nH]c1=O. The van der Waals surface area contributed by atoms with Crippen LogP contribution in [0.5, 0.6) is 17.4 Å². The average Bonchev–Trinajstić information content (AvgIpc) is 3.04. The summed E-state index contributed by atoms with van der Waals surface area (Å²) in [5, 5.41) is 11.1. The van der Waals surface area contributed by atoms with E-state index in [-0.39, 0.29) is 21.6 Å². The van der Waals surface area contributed by atoms with Gasteiger partial charge < -0.3 is 19.3 Å². The number of nitrogens with zero attached hydrogens (tertiary/aromatic N) is 1. The third-order valence-corrected chi connectivity index (χ3v) is 5.31. The molecule has 1 atom stereocenters. The fourth-order valence-electron chi connectivity index (χ4n) is 3.63. The number of carbonyl (C=O) groups excluding carboxylic acids is 1. The number of aryl methyl sites for hydroxylation is 1. The van der Waals surface area contributed by atoms with Crippen molar-refractivity contribution in [2.45, 2.75) is 13.0 Å². The standard InChI is InChI=1S/C21H18N2O6S/c1-10-6-4-5-7-12(10)23-19(25)15(18(24)22-21(23)30)16-11-8-9-13(27-2)17(28-3)14(11)20(26)29-16/h4-9,16,25H,1-3H3,(H,22,24,30). The van der Waals surface area contributed by atoms with Gasteiger partial charge in [0.1, 0.15) is 11.1 Å². The predicted molar refractivity (Wildman–Crippen MR) is 110 cm³/mol. The second-order valence-corrected chi connectivity index (χ2v) is 7.06. The Morgan fingerprint density at radius 2 is 1.87 bits per heavy atom. The Bertz CT molecular complexity index is 1290. The Labute approximate surface area is 176 Å². The largest absolute Gasteiger partial charge is 0.494 e. The van der Waals surface area contributed by atoms with Crippen LogP contribution in [0.15, 0.2) is 41.2 Å². The molecule has 2 aromatic carbocycles.